The molecule has 0 saturated carbocycles. The smallest absolute Gasteiger partial charge is 0.363 e. The van der Waals surface area contributed by atoms with Gasteiger partial charge in [0.25, 0.3) is 11.4 Å². The summed E-state index contributed by atoms with van der Waals surface area (Å²) in [6.45, 7) is 0. The second-order valence-electron chi connectivity index (χ2n) is 4.96. The first-order valence-electron chi connectivity index (χ1n) is 6.96. The van der Waals surface area contributed by atoms with Gasteiger partial charge in [0.2, 0.25) is 5.90 Å². The summed E-state index contributed by atoms with van der Waals surface area (Å²) in [6.07, 6.45) is 1.17. The van der Waals surface area contributed by atoms with Crippen molar-refractivity contribution in [2.45, 2.75) is 0 Å². The predicted octanol–water partition coefficient (Wildman–Crippen LogP) is 2.85. The topological polar surface area (TPSA) is 125 Å². The fraction of sp³-hybridized carbons (Fsp3) is 0. The lowest BCUT2D eigenvalue weighted by atomic mass is 10.1. The minimum atomic E-state index is -0.762. The quantitative estimate of drug-likeness (QED) is 0.365. The standard InChI is InChI=1S/C16H9N3O6/c20-16-13(17-15(25-16)10-4-2-1-3-5-10)8-11-6-7-12(18(21)22)9-14(11)19(23)24/h1-9H. The number of rotatable bonds is 4. The molecule has 25 heavy (non-hydrogen) atoms. The molecule has 0 aliphatic carbocycles. The monoisotopic (exact) mass is 339 g/mol. The van der Waals surface area contributed by atoms with Crippen molar-refractivity contribution in [3.8, 4) is 0 Å². The molecule has 2 aromatic rings. The Hall–Kier alpha value is -3.88. The summed E-state index contributed by atoms with van der Waals surface area (Å²) in [5, 5.41) is 21.9. The lowest BCUT2D eigenvalue weighted by molar-refractivity contribution is -0.394. The number of ether oxygens (including phenoxy) is 1. The Labute approximate surface area is 140 Å². The van der Waals surface area contributed by atoms with Crippen molar-refractivity contribution in [2.24, 2.45) is 4.99 Å². The number of nitrogens with zero attached hydrogens (tertiary/aromatic N) is 3. The fourth-order valence-corrected chi connectivity index (χ4v) is 2.19. The third kappa shape index (κ3) is 3.24. The molecule has 0 N–H and O–H groups in total. The lowest BCUT2D eigenvalue weighted by Gasteiger charge is -1.98. The second-order valence-corrected chi connectivity index (χ2v) is 4.96. The lowest BCUT2D eigenvalue weighted by Crippen LogP contribution is -2.05. The number of hydrogen-bond donors (Lipinski definition) is 0. The van der Waals surface area contributed by atoms with Gasteiger partial charge >= 0.3 is 5.97 Å². The molecule has 2 aromatic carbocycles. The molecular weight excluding hydrogens is 330 g/mol. The highest BCUT2D eigenvalue weighted by molar-refractivity contribution is 6.13. The maximum absolute atomic E-state index is 11.9. The third-order valence-electron chi connectivity index (χ3n) is 3.36. The van der Waals surface area contributed by atoms with Gasteiger partial charge in [-0.3, -0.25) is 20.2 Å². The van der Waals surface area contributed by atoms with Crippen molar-refractivity contribution < 1.29 is 19.4 Å². The summed E-state index contributed by atoms with van der Waals surface area (Å²) in [7, 11) is 0. The molecule has 9 nitrogen and oxygen atoms in total. The second kappa shape index (κ2) is 6.32. The van der Waals surface area contributed by atoms with Crippen LogP contribution in [0.3, 0.4) is 0 Å². The molecule has 1 aliphatic heterocycles. The first-order chi connectivity index (χ1) is 12.0. The molecule has 0 saturated heterocycles. The summed E-state index contributed by atoms with van der Waals surface area (Å²) in [4.78, 5) is 36.4. The number of non-ortho nitro benzene ring substituents is 1. The zero-order chi connectivity index (χ0) is 18.0. The van der Waals surface area contributed by atoms with Gasteiger partial charge in [0.15, 0.2) is 5.70 Å². The fourth-order valence-electron chi connectivity index (χ4n) is 2.19. The van der Waals surface area contributed by atoms with E-state index in [1.807, 2.05) is 0 Å². The van der Waals surface area contributed by atoms with Crippen molar-refractivity contribution >= 4 is 29.3 Å². The highest BCUT2D eigenvalue weighted by Gasteiger charge is 2.26. The molecule has 0 atom stereocenters. The average molecular weight is 339 g/mol. The van der Waals surface area contributed by atoms with Crippen LogP contribution in [0.5, 0.6) is 0 Å². The van der Waals surface area contributed by atoms with Crippen LogP contribution >= 0.6 is 0 Å². The number of nitro groups is 2. The largest absolute Gasteiger partial charge is 0.402 e. The van der Waals surface area contributed by atoms with Crippen LogP contribution in [-0.2, 0) is 9.53 Å². The molecule has 0 aromatic heterocycles. The molecule has 124 valence electrons. The summed E-state index contributed by atoms with van der Waals surface area (Å²) >= 11 is 0. The maximum atomic E-state index is 11.9. The van der Waals surface area contributed by atoms with Gasteiger partial charge in [0.05, 0.1) is 21.5 Å². The summed E-state index contributed by atoms with van der Waals surface area (Å²) < 4.78 is 5.06. The minimum Gasteiger partial charge on any atom is -0.402 e. The number of aliphatic imine (C=N–C) groups is 1. The Morgan fingerprint density at radius 1 is 1.00 bits per heavy atom. The van der Waals surface area contributed by atoms with Gasteiger partial charge in [-0.2, -0.15) is 0 Å². The van der Waals surface area contributed by atoms with E-state index in [0.29, 0.717) is 5.56 Å². The van der Waals surface area contributed by atoms with Crippen LogP contribution in [0, 0.1) is 20.2 Å². The highest BCUT2D eigenvalue weighted by Crippen LogP contribution is 2.28. The molecule has 0 radical (unpaired) electrons. The maximum Gasteiger partial charge on any atom is 0.363 e. The predicted molar refractivity (Wildman–Crippen MR) is 86.8 cm³/mol. The van der Waals surface area contributed by atoms with Crippen LogP contribution in [-0.4, -0.2) is 21.7 Å². The van der Waals surface area contributed by atoms with E-state index in [4.69, 9.17) is 4.74 Å². The molecule has 0 fully saturated rings. The van der Waals surface area contributed by atoms with Gasteiger partial charge in [-0.1, -0.05) is 18.2 Å². The Morgan fingerprint density at radius 2 is 1.72 bits per heavy atom. The first kappa shape index (κ1) is 16.0. The number of benzene rings is 2. The summed E-state index contributed by atoms with van der Waals surface area (Å²) in [5.41, 5.74) is -0.456. The van der Waals surface area contributed by atoms with Crippen molar-refractivity contribution in [3.63, 3.8) is 0 Å². The Balaban J connectivity index is 2.03. The number of hydrogen-bond acceptors (Lipinski definition) is 7. The van der Waals surface area contributed by atoms with Gasteiger partial charge < -0.3 is 4.74 Å². The Bertz CT molecular complexity index is 950. The van der Waals surface area contributed by atoms with Gasteiger partial charge in [-0.15, -0.1) is 0 Å². The van der Waals surface area contributed by atoms with Crippen LogP contribution in [0.25, 0.3) is 6.08 Å². The van der Waals surface area contributed by atoms with Crippen molar-refractivity contribution in [2.75, 3.05) is 0 Å². The Kier molecular flexibility index (Phi) is 4.04. The molecule has 0 unspecified atom stereocenters. The van der Waals surface area contributed by atoms with Crippen molar-refractivity contribution in [3.05, 3.63) is 85.6 Å². The molecule has 0 bridgehead atoms. The number of carbonyl (C=O) groups is 1. The van der Waals surface area contributed by atoms with E-state index >= 15 is 0 Å². The van der Waals surface area contributed by atoms with Gasteiger partial charge in [0, 0.05) is 11.6 Å². The van der Waals surface area contributed by atoms with E-state index in [9.17, 15) is 25.0 Å². The van der Waals surface area contributed by atoms with Crippen molar-refractivity contribution in [1.82, 2.24) is 0 Å². The zero-order valence-electron chi connectivity index (χ0n) is 12.5. The van der Waals surface area contributed by atoms with Crippen LogP contribution < -0.4 is 0 Å². The molecule has 1 heterocycles. The number of esters is 1. The molecular formula is C16H9N3O6. The Morgan fingerprint density at radius 3 is 2.36 bits per heavy atom. The van der Waals surface area contributed by atoms with Crippen LogP contribution in [0.15, 0.2) is 59.2 Å². The summed E-state index contributed by atoms with van der Waals surface area (Å²) in [5.74, 6) is -0.673. The van der Waals surface area contributed by atoms with Gasteiger partial charge in [-0.25, -0.2) is 9.79 Å². The average Bonchev–Trinajstić information content (AvgIpc) is 2.96. The van der Waals surface area contributed by atoms with E-state index in [1.54, 1.807) is 30.3 Å². The van der Waals surface area contributed by atoms with Gasteiger partial charge in [-0.05, 0) is 24.3 Å². The van der Waals surface area contributed by atoms with Crippen molar-refractivity contribution in [1.29, 1.82) is 0 Å². The van der Waals surface area contributed by atoms with E-state index in [1.165, 1.54) is 12.1 Å². The normalized spacial score (nSPS) is 15.0. The molecule has 0 amide bonds. The number of nitro benzene ring substituents is 2. The number of cyclic esters (lactones) is 1. The zero-order valence-corrected chi connectivity index (χ0v) is 12.5. The van der Waals surface area contributed by atoms with Crippen LogP contribution in [0.1, 0.15) is 11.1 Å². The van der Waals surface area contributed by atoms with E-state index < -0.39 is 27.2 Å². The van der Waals surface area contributed by atoms with E-state index in [2.05, 4.69) is 4.99 Å². The highest BCUT2D eigenvalue weighted by atomic mass is 16.6. The first-order valence-corrected chi connectivity index (χ1v) is 6.96. The minimum absolute atomic E-state index is 0.0145. The molecule has 9 heteroatoms. The van der Waals surface area contributed by atoms with E-state index in [-0.39, 0.29) is 17.2 Å². The van der Waals surface area contributed by atoms with Crippen LogP contribution in [0.4, 0.5) is 11.4 Å². The van der Waals surface area contributed by atoms with Gasteiger partial charge in [0.1, 0.15) is 0 Å². The van der Waals surface area contributed by atoms with E-state index in [0.717, 1.165) is 12.1 Å². The molecule has 3 rings (SSSR count). The molecule has 0 spiro atoms. The van der Waals surface area contributed by atoms with Crippen LogP contribution in [0.2, 0.25) is 0 Å². The molecule has 1 aliphatic rings. The third-order valence-corrected chi connectivity index (χ3v) is 3.36. The summed E-state index contributed by atoms with van der Waals surface area (Å²) in [6, 6.07) is 11.8. The number of carbonyl (C=O) groups excluding carboxylic acids is 1. The SMILES string of the molecule is O=C1OC(c2ccccc2)=NC1=Cc1ccc([N+](=O)[O-])cc1[N+](=O)[O-].